The van der Waals surface area contributed by atoms with Crippen LogP contribution < -0.4 is 4.90 Å². The number of amides is 1. The number of rotatable bonds is 4. The second-order valence-electron chi connectivity index (χ2n) is 4.79. The summed E-state index contributed by atoms with van der Waals surface area (Å²) in [5.74, 6) is 0.999. The third-order valence-corrected chi connectivity index (χ3v) is 3.69. The molecule has 1 unspecified atom stereocenters. The Hall–Kier alpha value is -1.58. The van der Waals surface area contributed by atoms with Crippen LogP contribution in [0.1, 0.15) is 37.8 Å². The van der Waals surface area contributed by atoms with Gasteiger partial charge in [0, 0.05) is 31.9 Å². The van der Waals surface area contributed by atoms with E-state index in [-0.39, 0.29) is 6.04 Å². The summed E-state index contributed by atoms with van der Waals surface area (Å²) in [6, 6.07) is 4.25. The Morgan fingerprint density at radius 3 is 3.11 bits per heavy atom. The van der Waals surface area contributed by atoms with Crippen LogP contribution >= 0.6 is 0 Å². The van der Waals surface area contributed by atoms with Crippen molar-refractivity contribution in [1.82, 2.24) is 9.88 Å². The maximum absolute atomic E-state index is 11.2. The van der Waals surface area contributed by atoms with Crippen LogP contribution in [0, 0.1) is 0 Å². The van der Waals surface area contributed by atoms with E-state index in [2.05, 4.69) is 22.9 Å². The summed E-state index contributed by atoms with van der Waals surface area (Å²) in [4.78, 5) is 19.7. The van der Waals surface area contributed by atoms with Gasteiger partial charge in [-0.25, -0.2) is 4.98 Å². The smallest absolute Gasteiger partial charge is 0.210 e. The number of hydrogen-bond donors (Lipinski definition) is 0. The van der Waals surface area contributed by atoms with Crippen LogP contribution in [0.2, 0.25) is 0 Å². The van der Waals surface area contributed by atoms with Gasteiger partial charge in [0.25, 0.3) is 0 Å². The third kappa shape index (κ3) is 2.47. The van der Waals surface area contributed by atoms with Crippen LogP contribution in [0.3, 0.4) is 0 Å². The van der Waals surface area contributed by atoms with Gasteiger partial charge in [0.2, 0.25) is 6.41 Å². The first-order valence-electron chi connectivity index (χ1n) is 6.65. The van der Waals surface area contributed by atoms with Crippen molar-refractivity contribution in [3.8, 4) is 0 Å². The van der Waals surface area contributed by atoms with Crippen LogP contribution in [0.25, 0.3) is 0 Å². The highest BCUT2D eigenvalue weighted by molar-refractivity contribution is 5.53. The molecule has 0 radical (unpaired) electrons. The number of aromatic nitrogens is 1. The SMILES string of the molecule is CCN(C)c1ncccc1C1CCCCN1C=O. The standard InChI is InChI=1S/C14H21N3O/c1-3-16(2)14-12(7-6-9-15-14)13-8-4-5-10-17(13)11-18/h6-7,9,11,13H,3-5,8,10H2,1-2H3. The molecule has 1 atom stereocenters. The minimum atomic E-state index is 0.189. The second kappa shape index (κ2) is 5.85. The number of carbonyl (C=O) groups is 1. The molecule has 1 amide bonds. The first-order valence-corrected chi connectivity index (χ1v) is 6.65. The fourth-order valence-electron chi connectivity index (χ4n) is 2.55. The van der Waals surface area contributed by atoms with E-state index >= 15 is 0 Å². The number of pyridine rings is 1. The number of anilines is 1. The lowest BCUT2D eigenvalue weighted by molar-refractivity contribution is -0.121. The molecule has 4 nitrogen and oxygen atoms in total. The Balaban J connectivity index is 2.33. The van der Waals surface area contributed by atoms with Crippen molar-refractivity contribution in [3.05, 3.63) is 23.9 Å². The Bertz CT molecular complexity index is 408. The Morgan fingerprint density at radius 1 is 1.56 bits per heavy atom. The highest BCUT2D eigenvalue weighted by Crippen LogP contribution is 2.34. The lowest BCUT2D eigenvalue weighted by Crippen LogP contribution is -2.33. The van der Waals surface area contributed by atoms with E-state index in [0.29, 0.717) is 0 Å². The van der Waals surface area contributed by atoms with Crippen LogP contribution in [-0.2, 0) is 4.79 Å². The van der Waals surface area contributed by atoms with E-state index in [4.69, 9.17) is 0 Å². The average Bonchev–Trinajstić information content (AvgIpc) is 2.46. The first-order chi connectivity index (χ1) is 8.77. The second-order valence-corrected chi connectivity index (χ2v) is 4.79. The Kier molecular flexibility index (Phi) is 4.18. The monoisotopic (exact) mass is 247 g/mol. The van der Waals surface area contributed by atoms with Gasteiger partial charge in [-0.15, -0.1) is 0 Å². The van der Waals surface area contributed by atoms with Gasteiger partial charge in [-0.1, -0.05) is 6.07 Å². The molecule has 1 aromatic heterocycles. The fourth-order valence-corrected chi connectivity index (χ4v) is 2.55. The van der Waals surface area contributed by atoms with E-state index < -0.39 is 0 Å². The van der Waals surface area contributed by atoms with Crippen molar-refractivity contribution in [2.75, 3.05) is 25.0 Å². The average molecular weight is 247 g/mol. The van der Waals surface area contributed by atoms with Crippen LogP contribution in [0.4, 0.5) is 5.82 Å². The molecule has 0 bridgehead atoms. The molecule has 1 aliphatic heterocycles. The molecule has 1 saturated heterocycles. The van der Waals surface area contributed by atoms with Crippen molar-refractivity contribution in [1.29, 1.82) is 0 Å². The number of hydrogen-bond acceptors (Lipinski definition) is 3. The molecule has 1 aliphatic rings. The third-order valence-electron chi connectivity index (χ3n) is 3.69. The molecule has 1 aromatic rings. The predicted molar refractivity (Wildman–Crippen MR) is 72.5 cm³/mol. The normalized spacial score (nSPS) is 19.7. The van der Waals surface area contributed by atoms with Gasteiger partial charge in [-0.3, -0.25) is 4.79 Å². The Morgan fingerprint density at radius 2 is 2.39 bits per heavy atom. The van der Waals surface area contributed by atoms with Crippen molar-refractivity contribution in [3.63, 3.8) is 0 Å². The zero-order valence-corrected chi connectivity index (χ0v) is 11.2. The highest BCUT2D eigenvalue weighted by atomic mass is 16.1. The molecule has 2 heterocycles. The molecule has 18 heavy (non-hydrogen) atoms. The fraction of sp³-hybridized carbons (Fsp3) is 0.571. The van der Waals surface area contributed by atoms with E-state index in [1.807, 2.05) is 24.2 Å². The quantitative estimate of drug-likeness (QED) is 0.765. The number of carbonyl (C=O) groups excluding carboxylic acids is 1. The Labute approximate surface area is 109 Å². The van der Waals surface area contributed by atoms with Gasteiger partial charge in [0.05, 0.1) is 6.04 Å². The topological polar surface area (TPSA) is 36.4 Å². The molecular formula is C14H21N3O. The molecule has 0 saturated carbocycles. The van der Waals surface area contributed by atoms with Gasteiger partial charge in [-0.05, 0) is 32.3 Å². The summed E-state index contributed by atoms with van der Waals surface area (Å²) >= 11 is 0. The van der Waals surface area contributed by atoms with Crippen LogP contribution in [-0.4, -0.2) is 36.4 Å². The molecule has 2 rings (SSSR count). The number of piperidine rings is 1. The summed E-state index contributed by atoms with van der Waals surface area (Å²) in [6.45, 7) is 3.88. The minimum Gasteiger partial charge on any atom is -0.360 e. The van der Waals surface area contributed by atoms with Gasteiger partial charge < -0.3 is 9.80 Å². The van der Waals surface area contributed by atoms with E-state index in [1.165, 1.54) is 12.0 Å². The van der Waals surface area contributed by atoms with E-state index in [9.17, 15) is 4.79 Å². The molecular weight excluding hydrogens is 226 g/mol. The summed E-state index contributed by atoms with van der Waals surface area (Å²) in [5.41, 5.74) is 1.17. The predicted octanol–water partition coefficient (Wildman–Crippen LogP) is 2.22. The van der Waals surface area contributed by atoms with Crippen LogP contribution in [0.15, 0.2) is 18.3 Å². The summed E-state index contributed by atoms with van der Waals surface area (Å²) in [5, 5.41) is 0. The van der Waals surface area contributed by atoms with Gasteiger partial charge in [0.15, 0.2) is 0 Å². The maximum atomic E-state index is 11.2. The molecule has 4 heteroatoms. The molecule has 1 fully saturated rings. The molecule has 0 aromatic carbocycles. The molecule has 0 N–H and O–H groups in total. The summed E-state index contributed by atoms with van der Waals surface area (Å²) in [6.07, 6.45) is 6.12. The van der Waals surface area contributed by atoms with Gasteiger partial charge >= 0.3 is 0 Å². The summed E-state index contributed by atoms with van der Waals surface area (Å²) in [7, 11) is 2.04. The van der Waals surface area contributed by atoms with Crippen LogP contribution in [0.5, 0.6) is 0 Å². The first kappa shape index (κ1) is 12.9. The highest BCUT2D eigenvalue weighted by Gasteiger charge is 2.25. The zero-order chi connectivity index (χ0) is 13.0. The molecule has 0 spiro atoms. The number of likely N-dealkylation sites (tertiary alicyclic amines) is 1. The number of nitrogens with zero attached hydrogens (tertiary/aromatic N) is 3. The van der Waals surface area contributed by atoms with Crippen molar-refractivity contribution in [2.45, 2.75) is 32.2 Å². The summed E-state index contributed by atoms with van der Waals surface area (Å²) < 4.78 is 0. The maximum Gasteiger partial charge on any atom is 0.210 e. The minimum absolute atomic E-state index is 0.189. The van der Waals surface area contributed by atoms with E-state index in [0.717, 1.165) is 38.2 Å². The molecule has 98 valence electrons. The largest absolute Gasteiger partial charge is 0.360 e. The van der Waals surface area contributed by atoms with Gasteiger partial charge in [-0.2, -0.15) is 0 Å². The van der Waals surface area contributed by atoms with E-state index in [1.54, 1.807) is 0 Å². The van der Waals surface area contributed by atoms with Crippen molar-refractivity contribution < 1.29 is 4.79 Å². The lowest BCUT2D eigenvalue weighted by atomic mass is 9.96. The van der Waals surface area contributed by atoms with Crippen molar-refractivity contribution >= 4 is 12.2 Å². The molecule has 0 aliphatic carbocycles. The van der Waals surface area contributed by atoms with Crippen molar-refractivity contribution in [2.24, 2.45) is 0 Å². The lowest BCUT2D eigenvalue weighted by Gasteiger charge is -2.34. The van der Waals surface area contributed by atoms with Gasteiger partial charge in [0.1, 0.15) is 5.82 Å². The zero-order valence-electron chi connectivity index (χ0n) is 11.2.